The van der Waals surface area contributed by atoms with Gasteiger partial charge in [0.05, 0.1) is 11.8 Å². The molecule has 20 heavy (non-hydrogen) atoms. The molecule has 0 saturated carbocycles. The number of carbonyl (C=O) groups excluding carboxylic acids is 2. The summed E-state index contributed by atoms with van der Waals surface area (Å²) < 4.78 is 0. The van der Waals surface area contributed by atoms with E-state index in [1.807, 2.05) is 4.90 Å². The minimum absolute atomic E-state index is 0. The predicted molar refractivity (Wildman–Crippen MR) is 80.8 cm³/mol. The van der Waals surface area contributed by atoms with E-state index in [1.165, 1.54) is 0 Å². The van der Waals surface area contributed by atoms with Gasteiger partial charge in [-0.2, -0.15) is 0 Å². The van der Waals surface area contributed by atoms with E-state index < -0.39 is 0 Å². The predicted octanol–water partition coefficient (Wildman–Crippen LogP) is 0.782. The first-order valence-electron chi connectivity index (χ1n) is 7.49. The minimum Gasteiger partial charge on any atom is -0.356 e. The van der Waals surface area contributed by atoms with Crippen LogP contribution in [-0.4, -0.2) is 49.4 Å². The van der Waals surface area contributed by atoms with Crippen LogP contribution in [0.15, 0.2) is 0 Å². The van der Waals surface area contributed by atoms with Gasteiger partial charge in [-0.1, -0.05) is 13.3 Å². The molecule has 2 amide bonds. The van der Waals surface area contributed by atoms with Gasteiger partial charge in [-0.15, -0.1) is 12.4 Å². The molecule has 0 aromatic carbocycles. The summed E-state index contributed by atoms with van der Waals surface area (Å²) in [7, 11) is 0. The molecule has 6 heteroatoms. The molecular formula is C14H26ClN3O2. The van der Waals surface area contributed by atoms with Crippen molar-refractivity contribution in [3.05, 3.63) is 0 Å². The van der Waals surface area contributed by atoms with Crippen molar-refractivity contribution in [3.63, 3.8) is 0 Å². The van der Waals surface area contributed by atoms with E-state index in [9.17, 15) is 9.59 Å². The van der Waals surface area contributed by atoms with E-state index >= 15 is 0 Å². The first-order chi connectivity index (χ1) is 9.22. The average molecular weight is 304 g/mol. The zero-order valence-electron chi connectivity index (χ0n) is 12.2. The maximum absolute atomic E-state index is 12.2. The molecule has 0 aromatic rings. The standard InChI is InChI=1S/C14H25N3O2.ClH/c1-2-3-6-16-13(18)11-5-4-7-17(10-11)14(19)12-8-15-9-12;/h11-12,15H,2-10H2,1H3,(H,16,18);1H. The molecule has 1 atom stereocenters. The molecule has 0 radical (unpaired) electrons. The summed E-state index contributed by atoms with van der Waals surface area (Å²) in [6.07, 6.45) is 3.96. The monoisotopic (exact) mass is 303 g/mol. The molecule has 116 valence electrons. The molecule has 2 saturated heterocycles. The molecule has 2 heterocycles. The lowest BCUT2D eigenvalue weighted by atomic mass is 9.94. The van der Waals surface area contributed by atoms with Gasteiger partial charge in [0.2, 0.25) is 11.8 Å². The number of piperidine rings is 1. The lowest BCUT2D eigenvalue weighted by Crippen LogP contribution is -2.55. The van der Waals surface area contributed by atoms with Crippen LogP contribution >= 0.6 is 12.4 Å². The van der Waals surface area contributed by atoms with E-state index in [0.717, 1.165) is 51.9 Å². The van der Waals surface area contributed by atoms with Crippen LogP contribution < -0.4 is 10.6 Å². The number of nitrogens with one attached hydrogen (secondary N) is 2. The van der Waals surface area contributed by atoms with Crippen molar-refractivity contribution in [1.29, 1.82) is 0 Å². The summed E-state index contributed by atoms with van der Waals surface area (Å²) in [6.45, 7) is 5.87. The maximum Gasteiger partial charge on any atom is 0.228 e. The highest BCUT2D eigenvalue weighted by Crippen LogP contribution is 2.19. The van der Waals surface area contributed by atoms with Crippen LogP contribution in [0.3, 0.4) is 0 Å². The molecule has 2 aliphatic rings. The fraction of sp³-hybridized carbons (Fsp3) is 0.857. The van der Waals surface area contributed by atoms with Gasteiger partial charge >= 0.3 is 0 Å². The number of hydrogen-bond acceptors (Lipinski definition) is 3. The smallest absolute Gasteiger partial charge is 0.228 e. The average Bonchev–Trinajstić information content (AvgIpc) is 2.37. The van der Waals surface area contributed by atoms with E-state index in [-0.39, 0.29) is 36.1 Å². The van der Waals surface area contributed by atoms with Crippen molar-refractivity contribution >= 4 is 24.2 Å². The minimum atomic E-state index is -0.0115. The number of rotatable bonds is 5. The van der Waals surface area contributed by atoms with E-state index in [2.05, 4.69) is 17.6 Å². The van der Waals surface area contributed by atoms with Crippen LogP contribution in [0, 0.1) is 11.8 Å². The van der Waals surface area contributed by atoms with Crippen LogP contribution in [0.1, 0.15) is 32.6 Å². The molecular weight excluding hydrogens is 278 g/mol. The fourth-order valence-corrected chi connectivity index (χ4v) is 2.65. The van der Waals surface area contributed by atoms with Crippen LogP contribution in [0.25, 0.3) is 0 Å². The number of unbranched alkanes of at least 4 members (excludes halogenated alkanes) is 1. The number of carbonyl (C=O) groups is 2. The molecule has 5 nitrogen and oxygen atoms in total. The number of nitrogens with zero attached hydrogens (tertiary/aromatic N) is 1. The topological polar surface area (TPSA) is 61.4 Å². The largest absolute Gasteiger partial charge is 0.356 e. The van der Waals surface area contributed by atoms with Gasteiger partial charge in [0.25, 0.3) is 0 Å². The van der Waals surface area contributed by atoms with Gasteiger partial charge in [-0.25, -0.2) is 0 Å². The Balaban J connectivity index is 0.00000200. The third-order valence-electron chi connectivity index (χ3n) is 4.06. The van der Waals surface area contributed by atoms with Crippen molar-refractivity contribution < 1.29 is 9.59 Å². The SMILES string of the molecule is CCCCNC(=O)C1CCCN(C(=O)C2CNC2)C1.Cl. The Morgan fingerprint density at radius 2 is 2.05 bits per heavy atom. The highest BCUT2D eigenvalue weighted by molar-refractivity contribution is 5.85. The highest BCUT2D eigenvalue weighted by Gasteiger charge is 2.33. The summed E-state index contributed by atoms with van der Waals surface area (Å²) in [5.41, 5.74) is 0. The Morgan fingerprint density at radius 1 is 1.30 bits per heavy atom. The second-order valence-corrected chi connectivity index (χ2v) is 5.62. The second kappa shape index (κ2) is 8.47. The Morgan fingerprint density at radius 3 is 2.65 bits per heavy atom. The van der Waals surface area contributed by atoms with Crippen LogP contribution in [0.4, 0.5) is 0 Å². The Kier molecular flexibility index (Phi) is 7.30. The first kappa shape index (κ1) is 17.2. The van der Waals surface area contributed by atoms with Crippen LogP contribution in [0.5, 0.6) is 0 Å². The Labute approximate surface area is 127 Å². The van der Waals surface area contributed by atoms with Crippen LogP contribution in [0.2, 0.25) is 0 Å². The third-order valence-corrected chi connectivity index (χ3v) is 4.06. The molecule has 0 aliphatic carbocycles. The maximum atomic E-state index is 12.2. The highest BCUT2D eigenvalue weighted by atomic mass is 35.5. The quantitative estimate of drug-likeness (QED) is 0.738. The molecule has 2 aliphatic heterocycles. The van der Waals surface area contributed by atoms with Gasteiger partial charge < -0.3 is 15.5 Å². The zero-order chi connectivity index (χ0) is 13.7. The van der Waals surface area contributed by atoms with E-state index in [0.29, 0.717) is 6.54 Å². The van der Waals surface area contributed by atoms with Crippen molar-refractivity contribution in [2.24, 2.45) is 11.8 Å². The molecule has 0 bridgehead atoms. The molecule has 2 fully saturated rings. The van der Waals surface area contributed by atoms with Gasteiger partial charge in [-0.3, -0.25) is 9.59 Å². The summed E-state index contributed by atoms with van der Waals surface area (Å²) in [5.74, 6) is 0.479. The van der Waals surface area contributed by atoms with Crippen molar-refractivity contribution in [1.82, 2.24) is 15.5 Å². The molecule has 2 rings (SSSR count). The summed E-state index contributed by atoms with van der Waals surface area (Å²) >= 11 is 0. The molecule has 0 spiro atoms. The van der Waals surface area contributed by atoms with Gasteiger partial charge in [0, 0.05) is 32.7 Å². The van der Waals surface area contributed by atoms with Gasteiger partial charge in [0.1, 0.15) is 0 Å². The van der Waals surface area contributed by atoms with Gasteiger partial charge in [-0.05, 0) is 19.3 Å². The third kappa shape index (κ3) is 4.35. The normalized spacial score (nSPS) is 22.6. The molecule has 0 aromatic heterocycles. The zero-order valence-corrected chi connectivity index (χ0v) is 13.0. The number of hydrogen-bond donors (Lipinski definition) is 2. The van der Waals surface area contributed by atoms with Crippen LogP contribution in [-0.2, 0) is 9.59 Å². The molecule has 2 N–H and O–H groups in total. The van der Waals surface area contributed by atoms with Crippen molar-refractivity contribution in [2.75, 3.05) is 32.7 Å². The molecule has 1 unspecified atom stereocenters. The summed E-state index contributed by atoms with van der Waals surface area (Å²) in [6, 6.07) is 0. The summed E-state index contributed by atoms with van der Waals surface area (Å²) in [4.78, 5) is 26.1. The first-order valence-corrected chi connectivity index (χ1v) is 7.49. The lowest BCUT2D eigenvalue weighted by molar-refractivity contribution is -0.140. The van der Waals surface area contributed by atoms with Gasteiger partial charge in [0.15, 0.2) is 0 Å². The van der Waals surface area contributed by atoms with E-state index in [1.54, 1.807) is 0 Å². The van der Waals surface area contributed by atoms with Crippen molar-refractivity contribution in [3.8, 4) is 0 Å². The Hall–Kier alpha value is -0.810. The van der Waals surface area contributed by atoms with Crippen molar-refractivity contribution in [2.45, 2.75) is 32.6 Å². The fourth-order valence-electron chi connectivity index (χ4n) is 2.65. The Bertz CT molecular complexity index is 334. The number of amides is 2. The lowest BCUT2D eigenvalue weighted by Gasteiger charge is -2.37. The number of halogens is 1. The number of likely N-dealkylation sites (tertiary alicyclic amines) is 1. The summed E-state index contributed by atoms with van der Waals surface area (Å²) in [5, 5.41) is 6.10. The van der Waals surface area contributed by atoms with E-state index in [4.69, 9.17) is 0 Å². The second-order valence-electron chi connectivity index (χ2n) is 5.62.